The van der Waals surface area contributed by atoms with Crippen LogP contribution in [0, 0.1) is 13.8 Å². The van der Waals surface area contributed by atoms with Gasteiger partial charge in [0, 0.05) is 12.4 Å². The molecule has 3 aromatic rings. The fraction of sp³-hybridized carbons (Fsp3) is 0.136. The Morgan fingerprint density at radius 3 is 2.40 bits per heavy atom. The first kappa shape index (κ1) is 21.2. The third kappa shape index (κ3) is 5.30. The summed E-state index contributed by atoms with van der Waals surface area (Å²) in [6.07, 6.45) is 4.68. The fourth-order valence-electron chi connectivity index (χ4n) is 2.73. The van der Waals surface area contributed by atoms with E-state index >= 15 is 0 Å². The van der Waals surface area contributed by atoms with Gasteiger partial charge in [0.15, 0.2) is 0 Å². The molecule has 30 heavy (non-hydrogen) atoms. The number of hydrogen-bond donors (Lipinski definition) is 1. The largest absolute Gasteiger partial charge is 0.271 e. The second-order valence-electron chi connectivity index (χ2n) is 6.74. The normalized spacial score (nSPS) is 11.4. The summed E-state index contributed by atoms with van der Waals surface area (Å²) >= 11 is 0. The van der Waals surface area contributed by atoms with E-state index < -0.39 is 22.5 Å². The Balaban J connectivity index is 1.85. The Morgan fingerprint density at radius 2 is 1.73 bits per heavy atom. The topological polar surface area (TPSA) is 91.7 Å². The molecule has 0 atom stereocenters. The van der Waals surface area contributed by atoms with Crippen molar-refractivity contribution in [1.29, 1.82) is 0 Å². The summed E-state index contributed by atoms with van der Waals surface area (Å²) in [6.45, 7) is 3.33. The molecule has 0 fully saturated rings. The molecule has 0 unspecified atom stereocenters. The van der Waals surface area contributed by atoms with Gasteiger partial charge in [-0.1, -0.05) is 29.8 Å². The summed E-state index contributed by atoms with van der Waals surface area (Å²) in [5, 5.41) is 3.90. The van der Waals surface area contributed by atoms with E-state index in [4.69, 9.17) is 0 Å². The van der Waals surface area contributed by atoms with Gasteiger partial charge in [-0.25, -0.2) is 13.8 Å². The van der Waals surface area contributed by atoms with Gasteiger partial charge in [0.05, 0.1) is 16.8 Å². The van der Waals surface area contributed by atoms with Crippen molar-refractivity contribution in [1.82, 2.24) is 10.4 Å². The van der Waals surface area contributed by atoms with Crippen molar-refractivity contribution in [2.75, 3.05) is 10.8 Å². The second kappa shape index (κ2) is 9.32. The molecular formula is C22H22N4O3S. The van der Waals surface area contributed by atoms with Crippen LogP contribution in [0.2, 0.25) is 0 Å². The number of carbonyl (C=O) groups excluding carboxylic acids is 1. The molecule has 0 bridgehead atoms. The predicted octanol–water partition coefficient (Wildman–Crippen LogP) is 3.04. The highest BCUT2D eigenvalue weighted by atomic mass is 32.2. The number of nitrogens with zero attached hydrogens (tertiary/aromatic N) is 3. The molecule has 7 nitrogen and oxygen atoms in total. The van der Waals surface area contributed by atoms with Crippen LogP contribution in [-0.2, 0) is 14.8 Å². The molecule has 0 saturated heterocycles. The van der Waals surface area contributed by atoms with Crippen LogP contribution in [0.15, 0.2) is 83.1 Å². The summed E-state index contributed by atoms with van der Waals surface area (Å²) in [6, 6.07) is 17.0. The SMILES string of the molecule is Cc1ccc(S(=O)(=O)N(CC(=O)N/N=C\c2ccncc2)c2cccc(C)c2)cc1. The molecule has 0 aliphatic carbocycles. The van der Waals surface area contributed by atoms with Crippen molar-refractivity contribution in [3.05, 3.63) is 89.7 Å². The molecule has 1 heterocycles. The fourth-order valence-corrected chi connectivity index (χ4v) is 4.14. The predicted molar refractivity (Wildman–Crippen MR) is 117 cm³/mol. The maximum atomic E-state index is 13.3. The van der Waals surface area contributed by atoms with Gasteiger partial charge >= 0.3 is 0 Å². The smallest absolute Gasteiger partial charge is 0.264 e. The van der Waals surface area contributed by atoms with Crippen LogP contribution in [-0.4, -0.2) is 32.1 Å². The van der Waals surface area contributed by atoms with Crippen LogP contribution < -0.4 is 9.73 Å². The Bertz CT molecular complexity index is 1140. The molecule has 154 valence electrons. The molecular weight excluding hydrogens is 400 g/mol. The number of nitrogens with one attached hydrogen (secondary N) is 1. The molecule has 1 aromatic heterocycles. The van der Waals surface area contributed by atoms with E-state index in [-0.39, 0.29) is 4.90 Å². The van der Waals surface area contributed by atoms with Gasteiger partial charge in [-0.15, -0.1) is 0 Å². The zero-order valence-electron chi connectivity index (χ0n) is 16.7. The molecule has 0 aliphatic heterocycles. The number of carbonyl (C=O) groups is 1. The van der Waals surface area contributed by atoms with Gasteiger partial charge in [0.25, 0.3) is 15.9 Å². The highest BCUT2D eigenvalue weighted by molar-refractivity contribution is 7.92. The third-order valence-corrected chi connectivity index (χ3v) is 6.08. The van der Waals surface area contributed by atoms with Gasteiger partial charge < -0.3 is 0 Å². The van der Waals surface area contributed by atoms with Gasteiger partial charge in [-0.2, -0.15) is 5.10 Å². The second-order valence-corrected chi connectivity index (χ2v) is 8.60. The summed E-state index contributed by atoms with van der Waals surface area (Å²) in [7, 11) is -3.95. The maximum absolute atomic E-state index is 13.3. The van der Waals surface area contributed by atoms with Gasteiger partial charge in [0.1, 0.15) is 6.54 Å². The Kier molecular flexibility index (Phi) is 6.58. The lowest BCUT2D eigenvalue weighted by Crippen LogP contribution is -2.39. The lowest BCUT2D eigenvalue weighted by Gasteiger charge is -2.24. The van der Waals surface area contributed by atoms with Crippen molar-refractivity contribution in [2.45, 2.75) is 18.7 Å². The lowest BCUT2D eigenvalue weighted by atomic mass is 10.2. The minimum atomic E-state index is -3.95. The number of amides is 1. The summed E-state index contributed by atoms with van der Waals surface area (Å²) in [5.41, 5.74) is 5.37. The third-order valence-electron chi connectivity index (χ3n) is 4.29. The Hall–Kier alpha value is -3.52. The Labute approximate surface area is 176 Å². The Morgan fingerprint density at radius 1 is 1.03 bits per heavy atom. The minimum Gasteiger partial charge on any atom is -0.271 e. The summed E-state index contributed by atoms with van der Waals surface area (Å²) in [5.74, 6) is -0.558. The van der Waals surface area contributed by atoms with Gasteiger partial charge in [0.2, 0.25) is 0 Å². The average Bonchev–Trinajstić information content (AvgIpc) is 2.73. The first-order valence-corrected chi connectivity index (χ1v) is 10.7. The number of sulfonamides is 1. The molecule has 8 heteroatoms. The number of benzene rings is 2. The van der Waals surface area contributed by atoms with Crippen molar-refractivity contribution in [2.24, 2.45) is 5.10 Å². The van der Waals surface area contributed by atoms with Crippen LogP contribution in [0.3, 0.4) is 0 Å². The number of aryl methyl sites for hydroxylation is 2. The first-order valence-electron chi connectivity index (χ1n) is 9.24. The number of hydrogen-bond acceptors (Lipinski definition) is 5. The van der Waals surface area contributed by atoms with Crippen LogP contribution >= 0.6 is 0 Å². The van der Waals surface area contributed by atoms with Gasteiger partial charge in [-0.05, 0) is 61.4 Å². The van der Waals surface area contributed by atoms with Gasteiger partial charge in [-0.3, -0.25) is 14.1 Å². The number of anilines is 1. The zero-order chi connectivity index (χ0) is 21.6. The number of pyridine rings is 1. The van der Waals surface area contributed by atoms with Crippen molar-refractivity contribution in [3.63, 3.8) is 0 Å². The summed E-state index contributed by atoms with van der Waals surface area (Å²) < 4.78 is 27.7. The molecule has 0 spiro atoms. The van der Waals surface area contributed by atoms with E-state index in [1.807, 2.05) is 19.9 Å². The molecule has 0 saturated carbocycles. The maximum Gasteiger partial charge on any atom is 0.264 e. The average molecular weight is 423 g/mol. The standard InChI is InChI=1S/C22H22N4O3S/c1-17-6-8-21(9-7-17)30(28,29)26(20-5-3-4-18(2)14-20)16-22(27)25-24-15-19-10-12-23-13-11-19/h3-15H,16H2,1-2H3,(H,25,27)/b24-15-. The van der Waals surface area contributed by atoms with E-state index in [1.54, 1.807) is 54.9 Å². The van der Waals surface area contributed by atoms with Crippen LogP contribution in [0.25, 0.3) is 0 Å². The van der Waals surface area contributed by atoms with Crippen molar-refractivity contribution in [3.8, 4) is 0 Å². The van der Waals surface area contributed by atoms with E-state index in [0.29, 0.717) is 5.69 Å². The van der Waals surface area contributed by atoms with E-state index in [0.717, 1.165) is 21.0 Å². The zero-order valence-corrected chi connectivity index (χ0v) is 17.5. The highest BCUT2D eigenvalue weighted by Gasteiger charge is 2.27. The van der Waals surface area contributed by atoms with E-state index in [9.17, 15) is 13.2 Å². The lowest BCUT2D eigenvalue weighted by molar-refractivity contribution is -0.119. The monoisotopic (exact) mass is 422 g/mol. The van der Waals surface area contributed by atoms with Crippen LogP contribution in [0.5, 0.6) is 0 Å². The number of hydrazone groups is 1. The first-order chi connectivity index (χ1) is 14.4. The van der Waals surface area contributed by atoms with E-state index in [2.05, 4.69) is 15.5 Å². The molecule has 1 amide bonds. The van der Waals surface area contributed by atoms with E-state index in [1.165, 1.54) is 18.3 Å². The van der Waals surface area contributed by atoms with Crippen LogP contribution in [0.4, 0.5) is 5.69 Å². The quantitative estimate of drug-likeness (QED) is 0.468. The highest BCUT2D eigenvalue weighted by Crippen LogP contribution is 2.24. The van der Waals surface area contributed by atoms with Crippen molar-refractivity contribution >= 4 is 27.8 Å². The molecule has 0 aliphatic rings. The molecule has 3 rings (SSSR count). The summed E-state index contributed by atoms with van der Waals surface area (Å²) in [4.78, 5) is 16.5. The molecule has 2 aromatic carbocycles. The molecule has 0 radical (unpaired) electrons. The van der Waals surface area contributed by atoms with Crippen LogP contribution in [0.1, 0.15) is 16.7 Å². The number of aromatic nitrogens is 1. The number of rotatable bonds is 7. The van der Waals surface area contributed by atoms with Crippen molar-refractivity contribution < 1.29 is 13.2 Å². The molecule has 1 N–H and O–H groups in total. The minimum absolute atomic E-state index is 0.114.